The Kier molecular flexibility index (Phi) is 8.02. The number of nitrogens with zero attached hydrogens (tertiary/aromatic N) is 1. The molecule has 2 fully saturated rings. The zero-order chi connectivity index (χ0) is 19.8. The van der Waals surface area contributed by atoms with Crippen molar-refractivity contribution in [3.8, 4) is 0 Å². The van der Waals surface area contributed by atoms with E-state index in [4.69, 9.17) is 4.74 Å². The first-order valence-electron chi connectivity index (χ1n) is 9.57. The third-order valence-electron chi connectivity index (χ3n) is 4.81. The molecule has 0 aromatic heterocycles. The van der Waals surface area contributed by atoms with Gasteiger partial charge in [0.2, 0.25) is 11.8 Å². The van der Waals surface area contributed by atoms with E-state index in [0.29, 0.717) is 52.0 Å². The quantitative estimate of drug-likeness (QED) is 0.496. The first kappa shape index (κ1) is 21.1. The van der Waals surface area contributed by atoms with Crippen LogP contribution in [0.1, 0.15) is 33.1 Å². The van der Waals surface area contributed by atoms with E-state index in [1.54, 1.807) is 4.90 Å². The Hall–Kier alpha value is -2.16. The molecule has 27 heavy (non-hydrogen) atoms. The molecule has 0 aromatic carbocycles. The van der Waals surface area contributed by atoms with E-state index >= 15 is 0 Å². The maximum atomic E-state index is 12.7. The van der Waals surface area contributed by atoms with E-state index in [1.807, 2.05) is 13.8 Å². The molecule has 2 aliphatic rings. The summed E-state index contributed by atoms with van der Waals surface area (Å²) < 4.78 is 5.23. The molecule has 2 saturated heterocycles. The van der Waals surface area contributed by atoms with Crippen molar-refractivity contribution in [1.82, 2.24) is 20.9 Å². The van der Waals surface area contributed by atoms with Crippen molar-refractivity contribution in [3.63, 3.8) is 0 Å². The lowest BCUT2D eigenvalue weighted by Gasteiger charge is -2.30. The van der Waals surface area contributed by atoms with E-state index in [9.17, 15) is 19.2 Å². The molecule has 0 bridgehead atoms. The highest BCUT2D eigenvalue weighted by molar-refractivity contribution is 5.89. The summed E-state index contributed by atoms with van der Waals surface area (Å²) in [7, 11) is 0. The molecule has 9 nitrogen and oxygen atoms in total. The summed E-state index contributed by atoms with van der Waals surface area (Å²) in [6.45, 7) is 6.43. The number of aldehydes is 1. The number of amides is 4. The minimum atomic E-state index is -0.749. The molecule has 152 valence electrons. The van der Waals surface area contributed by atoms with Crippen LogP contribution in [0.3, 0.4) is 0 Å². The van der Waals surface area contributed by atoms with Crippen LogP contribution in [0, 0.1) is 11.8 Å². The lowest BCUT2D eigenvalue weighted by atomic mass is 9.98. The number of urea groups is 1. The van der Waals surface area contributed by atoms with Crippen molar-refractivity contribution < 1.29 is 23.9 Å². The lowest BCUT2D eigenvalue weighted by molar-refractivity contribution is -0.127. The number of carbonyl (C=O) groups excluding carboxylic acids is 4. The third-order valence-corrected chi connectivity index (χ3v) is 4.81. The summed E-state index contributed by atoms with van der Waals surface area (Å²) in [5, 5.41) is 8.18. The van der Waals surface area contributed by atoms with Gasteiger partial charge < -0.3 is 30.4 Å². The van der Waals surface area contributed by atoms with Crippen LogP contribution in [-0.2, 0) is 19.1 Å². The fraction of sp³-hybridized carbons (Fsp3) is 0.778. The van der Waals surface area contributed by atoms with Crippen molar-refractivity contribution >= 4 is 24.1 Å². The smallest absolute Gasteiger partial charge is 0.318 e. The van der Waals surface area contributed by atoms with Crippen LogP contribution in [0.2, 0.25) is 0 Å². The Morgan fingerprint density at radius 1 is 1.30 bits per heavy atom. The normalized spacial score (nSPS) is 22.1. The summed E-state index contributed by atoms with van der Waals surface area (Å²) in [5.41, 5.74) is 0. The Morgan fingerprint density at radius 3 is 2.56 bits per heavy atom. The molecular formula is C18H30N4O5. The molecule has 1 unspecified atom stereocenters. The van der Waals surface area contributed by atoms with Gasteiger partial charge in [0.25, 0.3) is 0 Å². The fourth-order valence-corrected chi connectivity index (χ4v) is 3.32. The number of hydrogen-bond donors (Lipinski definition) is 3. The fourth-order valence-electron chi connectivity index (χ4n) is 3.32. The van der Waals surface area contributed by atoms with Crippen LogP contribution in [0.25, 0.3) is 0 Å². The van der Waals surface area contributed by atoms with E-state index in [1.165, 1.54) is 0 Å². The third kappa shape index (κ3) is 6.50. The second-order valence-corrected chi connectivity index (χ2v) is 7.49. The highest BCUT2D eigenvalue weighted by Crippen LogP contribution is 2.16. The summed E-state index contributed by atoms with van der Waals surface area (Å²) in [4.78, 5) is 49.8. The predicted molar refractivity (Wildman–Crippen MR) is 97.9 cm³/mol. The molecule has 2 heterocycles. The average Bonchev–Trinajstić information content (AvgIpc) is 3.05. The van der Waals surface area contributed by atoms with E-state index < -0.39 is 18.0 Å². The molecular weight excluding hydrogens is 352 g/mol. The molecule has 0 radical (unpaired) electrons. The van der Waals surface area contributed by atoms with Crippen molar-refractivity contribution in [2.45, 2.75) is 45.2 Å². The van der Waals surface area contributed by atoms with Crippen molar-refractivity contribution in [2.24, 2.45) is 11.8 Å². The molecule has 0 aromatic rings. The monoisotopic (exact) mass is 382 g/mol. The molecule has 0 saturated carbocycles. The number of ether oxygens (including phenoxy) is 1. The number of nitrogens with one attached hydrogen (secondary N) is 3. The van der Waals surface area contributed by atoms with Crippen molar-refractivity contribution in [2.75, 3.05) is 32.8 Å². The zero-order valence-electron chi connectivity index (χ0n) is 16.0. The van der Waals surface area contributed by atoms with Gasteiger partial charge in [-0.05, 0) is 25.2 Å². The van der Waals surface area contributed by atoms with Gasteiger partial charge in [-0.15, -0.1) is 0 Å². The first-order chi connectivity index (χ1) is 12.9. The highest BCUT2D eigenvalue weighted by Gasteiger charge is 2.30. The molecule has 2 aliphatic heterocycles. The SMILES string of the molecule is CC(C)C[C@H](NC(=O)N1CCOCC1)C(=O)N[C@H](C=O)CC1CCNC1=O. The molecule has 9 heteroatoms. The van der Waals surface area contributed by atoms with Gasteiger partial charge in [0.15, 0.2) is 0 Å². The van der Waals surface area contributed by atoms with Gasteiger partial charge in [-0.25, -0.2) is 4.79 Å². The maximum Gasteiger partial charge on any atom is 0.318 e. The summed E-state index contributed by atoms with van der Waals surface area (Å²) in [5.74, 6) is -0.579. The summed E-state index contributed by atoms with van der Waals surface area (Å²) >= 11 is 0. The Morgan fingerprint density at radius 2 is 2.00 bits per heavy atom. The van der Waals surface area contributed by atoms with Crippen LogP contribution in [0.15, 0.2) is 0 Å². The summed E-state index contributed by atoms with van der Waals surface area (Å²) in [6, 6.07) is -1.79. The Balaban J connectivity index is 1.94. The number of rotatable bonds is 8. The summed E-state index contributed by atoms with van der Waals surface area (Å²) in [6.07, 6.45) is 2.03. The predicted octanol–water partition coefficient (Wildman–Crippen LogP) is -0.347. The minimum Gasteiger partial charge on any atom is -0.378 e. The van der Waals surface area contributed by atoms with Crippen LogP contribution in [0.4, 0.5) is 4.79 Å². The molecule has 3 atom stereocenters. The zero-order valence-corrected chi connectivity index (χ0v) is 16.0. The van der Waals surface area contributed by atoms with Gasteiger partial charge in [0.1, 0.15) is 12.3 Å². The average molecular weight is 382 g/mol. The van der Waals surface area contributed by atoms with Crippen LogP contribution in [0.5, 0.6) is 0 Å². The molecule has 4 amide bonds. The van der Waals surface area contributed by atoms with Gasteiger partial charge in [-0.2, -0.15) is 0 Å². The van der Waals surface area contributed by atoms with Crippen LogP contribution >= 0.6 is 0 Å². The number of hydrogen-bond acceptors (Lipinski definition) is 5. The highest BCUT2D eigenvalue weighted by atomic mass is 16.5. The molecule has 3 N–H and O–H groups in total. The van der Waals surface area contributed by atoms with E-state index in [-0.39, 0.29) is 30.2 Å². The number of carbonyl (C=O) groups is 4. The first-order valence-corrected chi connectivity index (χ1v) is 9.57. The van der Waals surface area contributed by atoms with Crippen LogP contribution in [-0.4, -0.2) is 74.0 Å². The molecule has 2 rings (SSSR count). The van der Waals surface area contributed by atoms with E-state index in [0.717, 1.165) is 0 Å². The maximum absolute atomic E-state index is 12.7. The lowest BCUT2D eigenvalue weighted by Crippen LogP contribution is -2.55. The van der Waals surface area contributed by atoms with Gasteiger partial charge in [0.05, 0.1) is 19.3 Å². The number of morpholine rings is 1. The van der Waals surface area contributed by atoms with E-state index in [2.05, 4.69) is 16.0 Å². The van der Waals surface area contributed by atoms with Crippen LogP contribution < -0.4 is 16.0 Å². The Bertz CT molecular complexity index is 548. The standard InChI is InChI=1S/C18H30N4O5/c1-12(2)9-15(21-18(26)22-5-7-27-8-6-22)17(25)20-14(11-23)10-13-3-4-19-16(13)24/h11-15H,3-10H2,1-2H3,(H,19,24)(H,20,25)(H,21,26)/t13?,14-,15-/m0/s1. The van der Waals surface area contributed by atoms with Gasteiger partial charge in [0, 0.05) is 25.6 Å². The van der Waals surface area contributed by atoms with Gasteiger partial charge in [-0.3, -0.25) is 9.59 Å². The topological polar surface area (TPSA) is 117 Å². The minimum absolute atomic E-state index is 0.0875. The van der Waals surface area contributed by atoms with Crippen molar-refractivity contribution in [1.29, 1.82) is 0 Å². The van der Waals surface area contributed by atoms with Crippen molar-refractivity contribution in [3.05, 3.63) is 0 Å². The molecule has 0 aliphatic carbocycles. The second-order valence-electron chi connectivity index (χ2n) is 7.49. The van der Waals surface area contributed by atoms with Gasteiger partial charge >= 0.3 is 6.03 Å². The Labute approximate surface area is 159 Å². The molecule has 0 spiro atoms. The van der Waals surface area contributed by atoms with Gasteiger partial charge in [-0.1, -0.05) is 13.8 Å². The second kappa shape index (κ2) is 10.2. The largest absolute Gasteiger partial charge is 0.378 e.